The lowest BCUT2D eigenvalue weighted by Gasteiger charge is -2.39. The third-order valence-corrected chi connectivity index (χ3v) is 3.43. The number of hydrogen-bond donors (Lipinski definition) is 1. The van der Waals surface area contributed by atoms with Crippen LogP contribution >= 0.6 is 0 Å². The number of methoxy groups -OCH3 is 1. The average Bonchev–Trinajstić information content (AvgIpc) is 2.19. The summed E-state index contributed by atoms with van der Waals surface area (Å²) in [5.41, 5.74) is 5.85. The minimum atomic E-state index is 0.546. The molecule has 0 radical (unpaired) electrons. The predicted octanol–water partition coefficient (Wildman–Crippen LogP) is 1.33. The molecule has 0 saturated carbocycles. The number of likely N-dealkylation sites (tertiary alicyclic amines) is 1. The Bertz CT molecular complexity index is 171. The molecule has 0 aromatic carbocycles. The molecule has 0 spiro atoms. The molecule has 1 rings (SSSR count). The Hall–Kier alpha value is -0.120. The van der Waals surface area contributed by atoms with E-state index in [1.165, 1.54) is 19.4 Å². The molecule has 0 bridgehead atoms. The molecule has 3 heteroatoms. The predicted molar refractivity (Wildman–Crippen MR) is 63.9 cm³/mol. The largest absolute Gasteiger partial charge is 0.384 e. The van der Waals surface area contributed by atoms with E-state index in [0.717, 1.165) is 19.7 Å². The maximum absolute atomic E-state index is 5.85. The highest BCUT2D eigenvalue weighted by Gasteiger charge is 2.26. The number of piperidine rings is 1. The molecule has 15 heavy (non-hydrogen) atoms. The zero-order valence-electron chi connectivity index (χ0n) is 10.4. The first-order valence-electron chi connectivity index (χ1n) is 6.12. The molecule has 1 fully saturated rings. The minimum Gasteiger partial charge on any atom is -0.384 e. The summed E-state index contributed by atoms with van der Waals surface area (Å²) in [5.74, 6) is 1.35. The van der Waals surface area contributed by atoms with E-state index in [4.69, 9.17) is 10.5 Å². The molecule has 2 N–H and O–H groups in total. The van der Waals surface area contributed by atoms with Crippen LogP contribution in [-0.2, 0) is 4.74 Å². The van der Waals surface area contributed by atoms with Crippen molar-refractivity contribution in [1.29, 1.82) is 0 Å². The summed E-state index contributed by atoms with van der Waals surface area (Å²) >= 11 is 0. The molecule has 0 aliphatic carbocycles. The second-order valence-electron chi connectivity index (χ2n) is 5.01. The highest BCUT2D eigenvalue weighted by molar-refractivity contribution is 4.81. The van der Waals surface area contributed by atoms with Crippen LogP contribution in [0.4, 0.5) is 0 Å². The van der Waals surface area contributed by atoms with Crippen molar-refractivity contribution < 1.29 is 4.74 Å². The normalized spacial score (nSPS) is 25.8. The van der Waals surface area contributed by atoms with Crippen molar-refractivity contribution in [2.24, 2.45) is 17.6 Å². The van der Waals surface area contributed by atoms with Gasteiger partial charge in [0.25, 0.3) is 0 Å². The number of rotatable bonds is 5. The van der Waals surface area contributed by atoms with E-state index in [1.54, 1.807) is 7.11 Å². The molecule has 3 nitrogen and oxygen atoms in total. The first kappa shape index (κ1) is 12.9. The number of nitrogens with zero attached hydrogens (tertiary/aromatic N) is 1. The minimum absolute atomic E-state index is 0.546. The molecule has 1 aliphatic rings. The van der Waals surface area contributed by atoms with Gasteiger partial charge < -0.3 is 10.5 Å². The smallest absolute Gasteiger partial charge is 0.0502 e. The summed E-state index contributed by atoms with van der Waals surface area (Å²) in [5, 5.41) is 0. The summed E-state index contributed by atoms with van der Waals surface area (Å²) in [6.45, 7) is 8.56. The van der Waals surface area contributed by atoms with Crippen LogP contribution in [0.5, 0.6) is 0 Å². The molecule has 1 heterocycles. The maximum atomic E-state index is 5.85. The van der Waals surface area contributed by atoms with E-state index in [2.05, 4.69) is 18.7 Å². The van der Waals surface area contributed by atoms with Crippen LogP contribution in [0, 0.1) is 11.8 Å². The highest BCUT2D eigenvalue weighted by atomic mass is 16.5. The molecule has 2 atom stereocenters. The maximum Gasteiger partial charge on any atom is 0.0502 e. The molecule has 0 aromatic heterocycles. The van der Waals surface area contributed by atoms with Crippen molar-refractivity contribution in [3.63, 3.8) is 0 Å². The first-order chi connectivity index (χ1) is 7.19. The van der Waals surface area contributed by atoms with E-state index in [1.807, 2.05) is 0 Å². The number of nitrogens with two attached hydrogens (primary N) is 1. The van der Waals surface area contributed by atoms with Crippen LogP contribution in [0.3, 0.4) is 0 Å². The summed E-state index contributed by atoms with van der Waals surface area (Å²) in [6, 6.07) is 0.546. The topological polar surface area (TPSA) is 38.5 Å². The Labute approximate surface area is 94.0 Å². The number of hydrogen-bond acceptors (Lipinski definition) is 3. The van der Waals surface area contributed by atoms with Gasteiger partial charge >= 0.3 is 0 Å². The van der Waals surface area contributed by atoms with Crippen LogP contribution in [-0.4, -0.2) is 44.3 Å². The molecule has 0 amide bonds. The highest BCUT2D eigenvalue weighted by Crippen LogP contribution is 2.21. The second-order valence-corrected chi connectivity index (χ2v) is 5.01. The van der Waals surface area contributed by atoms with Crippen LogP contribution in [0.15, 0.2) is 0 Å². The van der Waals surface area contributed by atoms with Crippen LogP contribution in [0.1, 0.15) is 26.7 Å². The van der Waals surface area contributed by atoms with Gasteiger partial charge in [0, 0.05) is 26.2 Å². The van der Waals surface area contributed by atoms with E-state index in [0.29, 0.717) is 17.9 Å². The van der Waals surface area contributed by atoms with Crippen molar-refractivity contribution in [1.82, 2.24) is 4.90 Å². The van der Waals surface area contributed by atoms with Gasteiger partial charge in [-0.25, -0.2) is 0 Å². The Morgan fingerprint density at radius 1 is 1.47 bits per heavy atom. The van der Waals surface area contributed by atoms with Gasteiger partial charge in [0.2, 0.25) is 0 Å². The fraction of sp³-hybridized carbons (Fsp3) is 1.00. The fourth-order valence-electron chi connectivity index (χ4n) is 2.61. The van der Waals surface area contributed by atoms with Crippen LogP contribution < -0.4 is 5.73 Å². The Kier molecular flexibility index (Phi) is 5.58. The summed E-state index contributed by atoms with van der Waals surface area (Å²) in [4.78, 5) is 2.55. The lowest BCUT2D eigenvalue weighted by Crippen LogP contribution is -2.49. The van der Waals surface area contributed by atoms with E-state index in [9.17, 15) is 0 Å². The SMILES string of the molecule is COCC1CCCN(C(CN)C(C)C)C1. The summed E-state index contributed by atoms with van der Waals surface area (Å²) in [7, 11) is 1.79. The van der Waals surface area contributed by atoms with Gasteiger partial charge in [0.05, 0.1) is 6.61 Å². The van der Waals surface area contributed by atoms with Gasteiger partial charge in [0.1, 0.15) is 0 Å². The van der Waals surface area contributed by atoms with Gasteiger partial charge in [-0.3, -0.25) is 4.90 Å². The van der Waals surface area contributed by atoms with E-state index in [-0.39, 0.29) is 0 Å². The molecular formula is C12H26N2O. The third-order valence-electron chi connectivity index (χ3n) is 3.43. The molecule has 2 unspecified atom stereocenters. The van der Waals surface area contributed by atoms with E-state index >= 15 is 0 Å². The zero-order valence-corrected chi connectivity index (χ0v) is 10.4. The van der Waals surface area contributed by atoms with Crippen molar-refractivity contribution in [2.75, 3.05) is 33.4 Å². The van der Waals surface area contributed by atoms with Gasteiger partial charge in [-0.1, -0.05) is 13.8 Å². The van der Waals surface area contributed by atoms with Crippen LogP contribution in [0.25, 0.3) is 0 Å². The van der Waals surface area contributed by atoms with Crippen molar-refractivity contribution in [3.05, 3.63) is 0 Å². The lowest BCUT2D eigenvalue weighted by molar-refractivity contribution is 0.0572. The third kappa shape index (κ3) is 3.74. The zero-order chi connectivity index (χ0) is 11.3. The molecular weight excluding hydrogens is 188 g/mol. The van der Waals surface area contributed by atoms with Crippen molar-refractivity contribution in [3.8, 4) is 0 Å². The molecule has 1 saturated heterocycles. The molecule has 0 aromatic rings. The Morgan fingerprint density at radius 3 is 2.73 bits per heavy atom. The molecule has 1 aliphatic heterocycles. The summed E-state index contributed by atoms with van der Waals surface area (Å²) < 4.78 is 5.25. The Balaban J connectivity index is 2.46. The van der Waals surface area contributed by atoms with Gasteiger partial charge in [-0.2, -0.15) is 0 Å². The van der Waals surface area contributed by atoms with Gasteiger partial charge in [0.15, 0.2) is 0 Å². The Morgan fingerprint density at radius 2 is 2.20 bits per heavy atom. The van der Waals surface area contributed by atoms with Crippen molar-refractivity contribution >= 4 is 0 Å². The van der Waals surface area contributed by atoms with Crippen LogP contribution in [0.2, 0.25) is 0 Å². The van der Waals surface area contributed by atoms with Gasteiger partial charge in [-0.15, -0.1) is 0 Å². The summed E-state index contributed by atoms with van der Waals surface area (Å²) in [6.07, 6.45) is 2.59. The number of ether oxygens (including phenoxy) is 1. The molecule has 90 valence electrons. The second kappa shape index (κ2) is 6.46. The monoisotopic (exact) mass is 214 g/mol. The average molecular weight is 214 g/mol. The standard InChI is InChI=1S/C12H26N2O/c1-10(2)12(7-13)14-6-4-5-11(8-14)9-15-3/h10-12H,4-9,13H2,1-3H3. The quantitative estimate of drug-likeness (QED) is 0.750. The van der Waals surface area contributed by atoms with Gasteiger partial charge in [-0.05, 0) is 31.2 Å². The first-order valence-corrected chi connectivity index (χ1v) is 6.12. The fourth-order valence-corrected chi connectivity index (χ4v) is 2.61. The van der Waals surface area contributed by atoms with E-state index < -0.39 is 0 Å². The lowest BCUT2D eigenvalue weighted by atomic mass is 9.94. The van der Waals surface area contributed by atoms with Crippen molar-refractivity contribution in [2.45, 2.75) is 32.7 Å².